The molecular weight excluding hydrogens is 962 g/mol. The predicted octanol–water partition coefficient (Wildman–Crippen LogP) is 8.62. The number of aliphatic hydroxyl groups is 1. The minimum absolute atomic E-state index is 0.0453. The molecule has 18 heteroatoms. The average Bonchev–Trinajstić information content (AvgIpc) is 4.01. The van der Waals surface area contributed by atoms with E-state index in [4.69, 9.17) is 11.6 Å². The highest BCUT2D eigenvalue weighted by Gasteiger charge is 2.43. The molecule has 0 aliphatic carbocycles. The number of aliphatic hydroxyl groups excluding tert-OH is 1. The summed E-state index contributed by atoms with van der Waals surface area (Å²) in [5.41, 5.74) is 3.77. The molecule has 6 aromatic rings. The van der Waals surface area contributed by atoms with Gasteiger partial charge in [-0.15, -0.1) is 22.7 Å². The molecule has 2 fully saturated rings. The number of carbonyl (C=O) groups excluding carboxylic acids is 3. The summed E-state index contributed by atoms with van der Waals surface area (Å²) < 4.78 is 0.529. The van der Waals surface area contributed by atoms with E-state index in [2.05, 4.69) is 0 Å². The quantitative estimate of drug-likeness (QED) is 0.0848. The first kappa shape index (κ1) is 50.8. The Labute approximate surface area is 425 Å². The maximum absolute atomic E-state index is 15.0. The fourth-order valence-electron chi connectivity index (χ4n) is 9.36. The number of nitrogens with zero attached hydrogens (tertiary/aromatic N) is 7. The van der Waals surface area contributed by atoms with E-state index < -0.39 is 60.3 Å². The molecule has 2 aliphatic rings. The molecule has 71 heavy (non-hydrogen) atoms. The minimum Gasteiger partial charge on any atom is -0.480 e. The highest BCUT2D eigenvalue weighted by atomic mass is 35.5. The molecule has 15 nitrogen and oxygen atoms in total. The predicted molar refractivity (Wildman–Crippen MR) is 275 cm³/mol. The summed E-state index contributed by atoms with van der Waals surface area (Å²) in [6.07, 6.45) is -1.08. The lowest BCUT2D eigenvalue weighted by atomic mass is 9.87. The first-order chi connectivity index (χ1) is 34.2. The number of thiophene rings is 2. The maximum atomic E-state index is 15.0. The third-order valence-electron chi connectivity index (χ3n) is 13.1. The molecule has 2 aromatic heterocycles. The van der Waals surface area contributed by atoms with Gasteiger partial charge in [0.25, 0.3) is 0 Å². The van der Waals surface area contributed by atoms with E-state index in [0.717, 1.165) is 15.3 Å². The Balaban J connectivity index is 1.05. The van der Waals surface area contributed by atoms with Crippen molar-refractivity contribution in [1.29, 1.82) is 0 Å². The molecule has 5 amide bonds. The molecule has 4 aromatic carbocycles. The number of aryl methyl sites for hydroxylation is 1. The summed E-state index contributed by atoms with van der Waals surface area (Å²) in [4.78, 5) is 83.4. The Hall–Kier alpha value is -6.60. The molecule has 2 aliphatic heterocycles. The summed E-state index contributed by atoms with van der Waals surface area (Å²) in [7, 11) is 1.78. The topological polar surface area (TPSA) is 169 Å². The van der Waals surface area contributed by atoms with E-state index >= 15 is 4.79 Å². The standard InChI is InChI=1S/C53H56ClN7O8S2/c1-35-22-23-43(71-35)31-55(3)51(67)56-24-26-58(44(32-56)49(63)64)48(62)47(38-14-7-4-8-15-38)40-17-13-16-39(29-40)36(2)60(30-37-28-46(54)70-34-37)52(68)57-25-27-59(45(33-57)50(65)66)53(69)61(41-18-9-5-10-19-41)42-20-11-6-12-21-42/h4-23,28-29,34,36,44-45,47,51,67H,24-27,30-33H2,1-3H3,(H,63,64)(H,65,66)/t36?,44-,45-,47?,51?/m0/s1. The van der Waals surface area contributed by atoms with Crippen LogP contribution in [-0.2, 0) is 27.5 Å². The van der Waals surface area contributed by atoms with Crippen molar-refractivity contribution in [2.75, 3.05) is 51.2 Å². The summed E-state index contributed by atoms with van der Waals surface area (Å²) in [5.74, 6) is -3.80. The van der Waals surface area contributed by atoms with E-state index in [0.29, 0.717) is 38.9 Å². The Morgan fingerprint density at radius 2 is 1.28 bits per heavy atom. The third-order valence-corrected chi connectivity index (χ3v) is 15.2. The second-order valence-corrected chi connectivity index (χ2v) is 20.7. The molecule has 8 rings (SSSR count). The van der Waals surface area contributed by atoms with Crippen LogP contribution >= 0.6 is 34.3 Å². The molecule has 5 atom stereocenters. The van der Waals surface area contributed by atoms with Gasteiger partial charge in [-0.3, -0.25) is 19.5 Å². The lowest BCUT2D eigenvalue weighted by Crippen LogP contribution is -2.63. The number of piperazine rings is 2. The van der Waals surface area contributed by atoms with Gasteiger partial charge < -0.3 is 34.9 Å². The fraction of sp³-hybridized carbons (Fsp3) is 0.302. The average molecular weight is 1020 g/mol. The second-order valence-electron chi connectivity index (χ2n) is 17.8. The summed E-state index contributed by atoms with van der Waals surface area (Å²) in [6.45, 7) is 4.34. The van der Waals surface area contributed by atoms with Crippen molar-refractivity contribution >= 4 is 75.6 Å². The molecule has 4 heterocycles. The first-order valence-electron chi connectivity index (χ1n) is 23.3. The Morgan fingerprint density at radius 3 is 1.87 bits per heavy atom. The van der Waals surface area contributed by atoms with Crippen LogP contribution in [-0.4, -0.2) is 139 Å². The fourth-order valence-corrected chi connectivity index (χ4v) is 11.2. The Morgan fingerprint density at radius 1 is 0.690 bits per heavy atom. The van der Waals surface area contributed by atoms with E-state index in [1.807, 2.05) is 92.0 Å². The van der Waals surface area contributed by atoms with Crippen molar-refractivity contribution in [3.8, 4) is 0 Å². The number of para-hydroxylation sites is 2. The zero-order chi connectivity index (χ0) is 50.3. The van der Waals surface area contributed by atoms with Crippen LogP contribution in [0.1, 0.15) is 50.9 Å². The maximum Gasteiger partial charge on any atom is 0.329 e. The number of carboxylic acids is 2. The molecule has 370 valence electrons. The minimum atomic E-state index is -1.37. The molecule has 0 saturated carbocycles. The molecule has 0 bridgehead atoms. The molecule has 2 saturated heterocycles. The van der Waals surface area contributed by atoms with Crippen molar-refractivity contribution in [2.24, 2.45) is 0 Å². The number of hydrogen-bond donors (Lipinski definition) is 3. The van der Waals surface area contributed by atoms with Gasteiger partial charge in [-0.1, -0.05) is 103 Å². The van der Waals surface area contributed by atoms with Crippen LogP contribution in [0.5, 0.6) is 0 Å². The van der Waals surface area contributed by atoms with E-state index in [-0.39, 0.29) is 45.8 Å². The summed E-state index contributed by atoms with van der Waals surface area (Å²) in [6, 6.07) is 36.0. The summed E-state index contributed by atoms with van der Waals surface area (Å²) >= 11 is 9.34. The van der Waals surface area contributed by atoms with Crippen molar-refractivity contribution < 1.29 is 39.3 Å². The van der Waals surface area contributed by atoms with Gasteiger partial charge >= 0.3 is 24.0 Å². The first-order valence-corrected chi connectivity index (χ1v) is 25.3. The van der Waals surface area contributed by atoms with Gasteiger partial charge in [0.1, 0.15) is 12.1 Å². The number of carbonyl (C=O) groups is 5. The summed E-state index contributed by atoms with van der Waals surface area (Å²) in [5, 5.41) is 34.5. The zero-order valence-corrected chi connectivity index (χ0v) is 41.9. The van der Waals surface area contributed by atoms with E-state index in [1.54, 1.807) is 93.7 Å². The normalized spacial score (nSPS) is 17.6. The monoisotopic (exact) mass is 1020 g/mol. The smallest absolute Gasteiger partial charge is 0.329 e. The Bertz CT molecular complexity index is 2780. The highest BCUT2D eigenvalue weighted by Crippen LogP contribution is 2.35. The number of anilines is 2. The molecule has 3 N–H and O–H groups in total. The van der Waals surface area contributed by atoms with Crippen molar-refractivity contribution in [3.05, 3.63) is 175 Å². The molecule has 0 radical (unpaired) electrons. The van der Waals surface area contributed by atoms with Crippen molar-refractivity contribution in [2.45, 2.75) is 57.3 Å². The number of halogens is 1. The lowest BCUT2D eigenvalue weighted by molar-refractivity contribution is -0.165. The van der Waals surface area contributed by atoms with Crippen LogP contribution < -0.4 is 4.90 Å². The van der Waals surface area contributed by atoms with Crippen LogP contribution in [0, 0.1) is 6.92 Å². The molecular formula is C53H56ClN7O8S2. The second kappa shape index (κ2) is 22.6. The number of rotatable bonds is 15. The molecule has 3 unspecified atom stereocenters. The van der Waals surface area contributed by atoms with Crippen molar-refractivity contribution in [3.63, 3.8) is 0 Å². The number of amides is 5. The SMILES string of the molecule is Cc1ccc(CN(C)C(O)N2CCN(C(=O)C(c3ccccc3)c3cccc(C(C)N(Cc4csc(Cl)c4)C(=O)N4CCN(C(=O)N(c5ccccc5)c5ccccc5)[C@H](C(=O)O)C4)c3)[C@H](C(=O)O)C2)s1. The van der Waals surface area contributed by atoms with Crippen LogP contribution in [0.2, 0.25) is 4.34 Å². The highest BCUT2D eigenvalue weighted by molar-refractivity contribution is 7.14. The van der Waals surface area contributed by atoms with Gasteiger partial charge in [0.2, 0.25) is 5.91 Å². The van der Waals surface area contributed by atoms with Gasteiger partial charge in [-0.2, -0.15) is 0 Å². The van der Waals surface area contributed by atoms with Crippen LogP contribution in [0.25, 0.3) is 0 Å². The van der Waals surface area contributed by atoms with Crippen molar-refractivity contribution in [1.82, 2.24) is 29.4 Å². The number of benzene rings is 4. The van der Waals surface area contributed by atoms with E-state index in [9.17, 15) is 34.5 Å². The van der Waals surface area contributed by atoms with Crippen LogP contribution in [0.3, 0.4) is 0 Å². The molecule has 0 spiro atoms. The number of carboxylic acid groups (broad SMARTS) is 2. The van der Waals surface area contributed by atoms with Crippen LogP contribution in [0.15, 0.2) is 139 Å². The van der Waals surface area contributed by atoms with Gasteiger partial charge in [-0.25, -0.2) is 19.2 Å². The number of hydrogen-bond acceptors (Lipinski definition) is 10. The number of aliphatic carboxylic acids is 2. The van der Waals surface area contributed by atoms with Gasteiger partial charge in [0, 0.05) is 55.6 Å². The zero-order valence-electron chi connectivity index (χ0n) is 39.5. The van der Waals surface area contributed by atoms with Crippen LogP contribution in [0.4, 0.5) is 21.0 Å². The lowest BCUT2D eigenvalue weighted by Gasteiger charge is -2.44. The van der Waals surface area contributed by atoms with E-state index in [1.165, 1.54) is 30.9 Å². The largest absolute Gasteiger partial charge is 0.480 e. The Kier molecular flexibility index (Phi) is 16.2. The van der Waals surface area contributed by atoms with Gasteiger partial charge in [-0.05, 0) is 91.0 Å². The number of urea groups is 2. The van der Waals surface area contributed by atoms with Gasteiger partial charge in [0.15, 0.2) is 6.35 Å². The third kappa shape index (κ3) is 11.6. The van der Waals surface area contributed by atoms with Gasteiger partial charge in [0.05, 0.1) is 34.2 Å².